The molecule has 9 heteroatoms. The standard InChI is InChI=1S/C7H9NO2S.C6H10O.C5H9Br3O/c1-6-2-4-7(5-3-6)11(8,9)10;1-2-6(3-1)4-7-5-6;6-1-5(2-7,3-8)4-9/h2-5H,1H3,(H2,8,9,10);1-5H2;9H,1-4H2. The van der Waals surface area contributed by atoms with E-state index in [1.807, 2.05) is 6.92 Å². The number of nitrogens with two attached hydrogens (primary N) is 1. The summed E-state index contributed by atoms with van der Waals surface area (Å²) in [5.41, 5.74) is 1.71. The van der Waals surface area contributed by atoms with Crippen molar-refractivity contribution in [1.82, 2.24) is 0 Å². The third-order valence-electron chi connectivity index (χ3n) is 4.77. The number of sulfonamides is 1. The van der Waals surface area contributed by atoms with Crippen LogP contribution in [0, 0.1) is 17.8 Å². The van der Waals surface area contributed by atoms with Gasteiger partial charge in [0.25, 0.3) is 0 Å². The van der Waals surface area contributed by atoms with Crippen LogP contribution in [0.1, 0.15) is 24.8 Å². The number of alkyl halides is 3. The van der Waals surface area contributed by atoms with E-state index in [-0.39, 0.29) is 16.9 Å². The van der Waals surface area contributed by atoms with Crippen LogP contribution < -0.4 is 5.14 Å². The maximum Gasteiger partial charge on any atom is 0.238 e. The molecule has 27 heavy (non-hydrogen) atoms. The topological polar surface area (TPSA) is 89.6 Å². The molecule has 1 aliphatic heterocycles. The minimum absolute atomic E-state index is 0.0278. The van der Waals surface area contributed by atoms with Crippen LogP contribution in [0.25, 0.3) is 0 Å². The molecule has 1 aromatic carbocycles. The second kappa shape index (κ2) is 11.6. The summed E-state index contributed by atoms with van der Waals surface area (Å²) in [5.74, 6) is 0. The van der Waals surface area contributed by atoms with Gasteiger partial charge in [0.05, 0.1) is 24.7 Å². The van der Waals surface area contributed by atoms with Gasteiger partial charge in [-0.25, -0.2) is 13.6 Å². The van der Waals surface area contributed by atoms with E-state index in [2.05, 4.69) is 47.8 Å². The lowest BCUT2D eigenvalue weighted by Crippen LogP contribution is -2.47. The molecule has 1 saturated carbocycles. The van der Waals surface area contributed by atoms with Crippen LogP contribution in [0.3, 0.4) is 0 Å². The average Bonchev–Trinajstić information content (AvgIpc) is 2.56. The minimum Gasteiger partial charge on any atom is -0.396 e. The molecule has 1 aromatic rings. The van der Waals surface area contributed by atoms with Crippen LogP contribution in [-0.2, 0) is 14.8 Å². The molecule has 1 heterocycles. The SMILES string of the molecule is C1CC2(C1)COC2.Cc1ccc(S(N)(=O)=O)cc1.OCC(CBr)(CBr)CBr. The van der Waals surface area contributed by atoms with Gasteiger partial charge in [-0.15, -0.1) is 0 Å². The minimum atomic E-state index is -3.52. The van der Waals surface area contributed by atoms with E-state index in [1.54, 1.807) is 12.1 Å². The van der Waals surface area contributed by atoms with Crippen LogP contribution >= 0.6 is 47.8 Å². The predicted octanol–water partition coefficient (Wildman–Crippen LogP) is 3.98. The zero-order valence-corrected chi connectivity index (χ0v) is 21.0. The van der Waals surface area contributed by atoms with Gasteiger partial charge in [-0.3, -0.25) is 0 Å². The monoisotopic (exact) mass is 591 g/mol. The van der Waals surface area contributed by atoms with E-state index < -0.39 is 10.0 Å². The van der Waals surface area contributed by atoms with Crippen molar-refractivity contribution in [3.63, 3.8) is 0 Å². The molecule has 0 aromatic heterocycles. The molecule has 0 radical (unpaired) electrons. The maximum absolute atomic E-state index is 10.7. The van der Waals surface area contributed by atoms with Gasteiger partial charge in [0, 0.05) is 26.8 Å². The number of aliphatic hydroxyl groups excluding tert-OH is 1. The van der Waals surface area contributed by atoms with E-state index in [0.29, 0.717) is 0 Å². The summed E-state index contributed by atoms with van der Waals surface area (Å²) in [5, 5.41) is 16.2. The Bertz CT molecular complexity index is 623. The summed E-state index contributed by atoms with van der Waals surface area (Å²) in [7, 11) is -3.52. The van der Waals surface area contributed by atoms with Crippen LogP contribution in [-0.4, -0.2) is 49.3 Å². The number of primary sulfonamides is 1. The van der Waals surface area contributed by atoms with Gasteiger partial charge in [0.2, 0.25) is 10.0 Å². The third-order valence-corrected chi connectivity index (χ3v) is 9.26. The smallest absolute Gasteiger partial charge is 0.238 e. The molecule has 156 valence electrons. The normalized spacial score (nSPS) is 17.6. The second-order valence-electron chi connectivity index (χ2n) is 7.26. The van der Waals surface area contributed by atoms with E-state index in [4.69, 9.17) is 15.0 Å². The Kier molecular flexibility index (Phi) is 11.0. The summed E-state index contributed by atoms with van der Waals surface area (Å²) >= 11 is 10.0. The zero-order chi connectivity index (χ0) is 20.6. The van der Waals surface area contributed by atoms with Crippen molar-refractivity contribution in [1.29, 1.82) is 0 Å². The lowest BCUT2D eigenvalue weighted by Gasteiger charge is -2.48. The summed E-state index contributed by atoms with van der Waals surface area (Å²) in [4.78, 5) is 0.156. The molecular formula is C18H28Br3NO4S. The molecule has 2 aliphatic rings. The summed E-state index contributed by atoms with van der Waals surface area (Å²) in [6, 6.07) is 6.40. The molecule has 0 unspecified atom stereocenters. The van der Waals surface area contributed by atoms with Crippen molar-refractivity contribution in [2.75, 3.05) is 35.8 Å². The zero-order valence-electron chi connectivity index (χ0n) is 15.5. The Morgan fingerprint density at radius 2 is 1.59 bits per heavy atom. The number of hydrogen-bond donors (Lipinski definition) is 2. The van der Waals surface area contributed by atoms with Crippen molar-refractivity contribution < 1.29 is 18.3 Å². The first kappa shape index (κ1) is 25.5. The van der Waals surface area contributed by atoms with Gasteiger partial charge in [-0.05, 0) is 31.9 Å². The lowest BCUT2D eigenvalue weighted by molar-refractivity contribution is -0.155. The molecule has 5 nitrogen and oxygen atoms in total. The van der Waals surface area contributed by atoms with Gasteiger partial charge < -0.3 is 9.84 Å². The average molecular weight is 594 g/mol. The third kappa shape index (κ3) is 8.03. The number of benzene rings is 1. The summed E-state index contributed by atoms with van der Waals surface area (Å²) in [6.07, 6.45) is 4.32. The van der Waals surface area contributed by atoms with E-state index in [1.165, 1.54) is 31.4 Å². The largest absolute Gasteiger partial charge is 0.396 e. The van der Waals surface area contributed by atoms with Crippen molar-refractivity contribution in [3.8, 4) is 0 Å². The van der Waals surface area contributed by atoms with Crippen LogP contribution in [0.4, 0.5) is 0 Å². The number of ether oxygens (including phenoxy) is 1. The fourth-order valence-electron chi connectivity index (χ4n) is 2.32. The molecule has 0 atom stereocenters. The molecule has 3 rings (SSSR count). The first-order valence-electron chi connectivity index (χ1n) is 8.62. The first-order valence-corrected chi connectivity index (χ1v) is 13.5. The first-order chi connectivity index (χ1) is 12.7. The van der Waals surface area contributed by atoms with Crippen LogP contribution in [0.15, 0.2) is 29.2 Å². The predicted molar refractivity (Wildman–Crippen MR) is 121 cm³/mol. The van der Waals surface area contributed by atoms with Crippen molar-refractivity contribution in [2.45, 2.75) is 31.1 Å². The van der Waals surface area contributed by atoms with E-state index in [9.17, 15) is 8.42 Å². The van der Waals surface area contributed by atoms with Gasteiger partial charge in [-0.2, -0.15) is 0 Å². The Morgan fingerprint density at radius 3 is 1.74 bits per heavy atom. The fraction of sp³-hybridized carbons (Fsp3) is 0.667. The van der Waals surface area contributed by atoms with E-state index in [0.717, 1.165) is 40.2 Å². The molecule has 3 N–H and O–H groups in total. The molecule has 2 fully saturated rings. The Hall–Kier alpha value is 0.490. The number of aliphatic hydroxyl groups is 1. The van der Waals surface area contributed by atoms with E-state index >= 15 is 0 Å². The van der Waals surface area contributed by atoms with Crippen LogP contribution in [0.5, 0.6) is 0 Å². The number of aryl methyl sites for hydroxylation is 1. The van der Waals surface area contributed by atoms with Gasteiger partial charge >= 0.3 is 0 Å². The van der Waals surface area contributed by atoms with Crippen molar-refractivity contribution in [2.24, 2.45) is 16.0 Å². The highest BCUT2D eigenvalue weighted by Crippen LogP contribution is 2.46. The number of rotatable bonds is 5. The highest BCUT2D eigenvalue weighted by Gasteiger charge is 2.43. The van der Waals surface area contributed by atoms with Gasteiger partial charge in [0.15, 0.2) is 0 Å². The summed E-state index contributed by atoms with van der Waals surface area (Å²) in [6.45, 7) is 4.21. The van der Waals surface area contributed by atoms with Crippen molar-refractivity contribution >= 4 is 57.8 Å². The molecule has 1 saturated heterocycles. The van der Waals surface area contributed by atoms with Gasteiger partial charge in [0.1, 0.15) is 0 Å². The fourth-order valence-corrected chi connectivity index (χ4v) is 6.15. The highest BCUT2D eigenvalue weighted by molar-refractivity contribution is 9.10. The Morgan fingerprint density at radius 1 is 1.11 bits per heavy atom. The number of hydrogen-bond acceptors (Lipinski definition) is 4. The molecular weight excluding hydrogens is 566 g/mol. The molecule has 1 aliphatic carbocycles. The molecule has 1 spiro atoms. The Balaban J connectivity index is 0.000000207. The summed E-state index contributed by atoms with van der Waals surface area (Å²) < 4.78 is 26.5. The lowest BCUT2D eigenvalue weighted by atomic mass is 9.67. The van der Waals surface area contributed by atoms with Gasteiger partial charge in [-0.1, -0.05) is 71.9 Å². The quantitative estimate of drug-likeness (QED) is 0.506. The highest BCUT2D eigenvalue weighted by atomic mass is 79.9. The number of halogens is 3. The van der Waals surface area contributed by atoms with Crippen LogP contribution in [0.2, 0.25) is 0 Å². The molecule has 0 amide bonds. The second-order valence-corrected chi connectivity index (χ2v) is 10.5. The van der Waals surface area contributed by atoms with Crippen molar-refractivity contribution in [3.05, 3.63) is 29.8 Å². The maximum atomic E-state index is 10.7. The Labute approximate surface area is 187 Å². The molecule has 0 bridgehead atoms.